The van der Waals surface area contributed by atoms with Gasteiger partial charge in [-0.3, -0.25) is 9.59 Å². The van der Waals surface area contributed by atoms with Gasteiger partial charge >= 0.3 is 5.97 Å². The molecule has 2 amide bonds. The van der Waals surface area contributed by atoms with Gasteiger partial charge in [0.25, 0.3) is 5.91 Å². The predicted molar refractivity (Wildman–Crippen MR) is 112 cm³/mol. The standard InChI is InChI=1S/C21H23N3O4S/c1-12-10-16(24-20(27)21(3,4)5)29-17(12)19(26)28-13(2)18(25)23-15-9-7-6-8-14(15)11-22/h6-10,13H,1-5H3,(H,23,25)(H,24,27). The molecule has 0 spiro atoms. The number of rotatable bonds is 5. The Bertz CT molecular complexity index is 983. The van der Waals surface area contributed by atoms with E-state index in [2.05, 4.69) is 10.6 Å². The summed E-state index contributed by atoms with van der Waals surface area (Å²) in [5.41, 5.74) is 0.743. The molecule has 0 bridgehead atoms. The molecular weight excluding hydrogens is 390 g/mol. The zero-order chi connectivity index (χ0) is 21.8. The van der Waals surface area contributed by atoms with E-state index in [9.17, 15) is 14.4 Å². The molecule has 2 N–H and O–H groups in total. The summed E-state index contributed by atoms with van der Waals surface area (Å²) in [7, 11) is 0. The van der Waals surface area contributed by atoms with Gasteiger partial charge in [-0.05, 0) is 37.6 Å². The minimum absolute atomic E-state index is 0.164. The van der Waals surface area contributed by atoms with Gasteiger partial charge in [0.05, 0.1) is 16.3 Å². The maximum atomic E-state index is 12.5. The third-order valence-electron chi connectivity index (χ3n) is 3.98. The highest BCUT2D eigenvalue weighted by Crippen LogP contribution is 2.29. The summed E-state index contributed by atoms with van der Waals surface area (Å²) in [5.74, 6) is -1.36. The lowest BCUT2D eigenvalue weighted by atomic mass is 9.96. The third-order valence-corrected chi connectivity index (χ3v) is 5.11. The van der Waals surface area contributed by atoms with Gasteiger partial charge in [-0.25, -0.2) is 4.79 Å². The van der Waals surface area contributed by atoms with Crippen molar-refractivity contribution in [3.63, 3.8) is 0 Å². The summed E-state index contributed by atoms with van der Waals surface area (Å²) in [6.07, 6.45) is -1.07. The summed E-state index contributed by atoms with van der Waals surface area (Å²) in [6, 6.07) is 10.2. The number of nitriles is 1. The number of para-hydroxylation sites is 1. The fourth-order valence-electron chi connectivity index (χ4n) is 2.24. The van der Waals surface area contributed by atoms with Gasteiger partial charge in [-0.15, -0.1) is 11.3 Å². The molecule has 0 aliphatic carbocycles. The summed E-state index contributed by atoms with van der Waals surface area (Å²) in [5, 5.41) is 15.0. The smallest absolute Gasteiger partial charge is 0.349 e. The first-order valence-electron chi connectivity index (χ1n) is 8.95. The number of esters is 1. The van der Waals surface area contributed by atoms with Crippen LogP contribution in [0.15, 0.2) is 30.3 Å². The molecule has 2 aromatic rings. The molecule has 8 heteroatoms. The number of nitrogens with one attached hydrogen (secondary N) is 2. The van der Waals surface area contributed by atoms with Gasteiger partial charge in [0.15, 0.2) is 6.10 Å². The molecule has 2 rings (SSSR count). The Kier molecular flexibility index (Phi) is 6.77. The molecule has 0 aliphatic rings. The quantitative estimate of drug-likeness (QED) is 0.718. The molecule has 7 nitrogen and oxygen atoms in total. The van der Waals surface area contributed by atoms with Crippen LogP contribution in [0.25, 0.3) is 0 Å². The van der Waals surface area contributed by atoms with Crippen molar-refractivity contribution in [3.8, 4) is 6.07 Å². The maximum absolute atomic E-state index is 12.5. The van der Waals surface area contributed by atoms with E-state index in [1.54, 1.807) is 58.0 Å². The van der Waals surface area contributed by atoms with Crippen LogP contribution in [-0.2, 0) is 14.3 Å². The first-order valence-corrected chi connectivity index (χ1v) is 9.77. The highest BCUT2D eigenvalue weighted by Gasteiger charge is 2.25. The number of carbonyl (C=O) groups excluding carboxylic acids is 3. The Balaban J connectivity index is 2.05. The van der Waals surface area contributed by atoms with Crippen LogP contribution in [0.2, 0.25) is 0 Å². The van der Waals surface area contributed by atoms with E-state index < -0.39 is 23.4 Å². The fraction of sp³-hybridized carbons (Fsp3) is 0.333. The molecule has 0 saturated heterocycles. The van der Waals surface area contributed by atoms with Crippen molar-refractivity contribution >= 4 is 39.8 Å². The van der Waals surface area contributed by atoms with Crippen molar-refractivity contribution in [1.82, 2.24) is 0 Å². The van der Waals surface area contributed by atoms with E-state index in [1.807, 2.05) is 6.07 Å². The van der Waals surface area contributed by atoms with Gasteiger partial charge in [0.1, 0.15) is 10.9 Å². The van der Waals surface area contributed by atoms with Crippen LogP contribution in [0, 0.1) is 23.7 Å². The van der Waals surface area contributed by atoms with E-state index in [1.165, 1.54) is 6.92 Å². The number of hydrogen-bond acceptors (Lipinski definition) is 6. The minimum Gasteiger partial charge on any atom is -0.448 e. The highest BCUT2D eigenvalue weighted by molar-refractivity contribution is 7.18. The number of nitrogens with zero attached hydrogens (tertiary/aromatic N) is 1. The molecule has 0 radical (unpaired) electrons. The molecule has 152 valence electrons. The van der Waals surface area contributed by atoms with Crippen LogP contribution in [0.4, 0.5) is 10.7 Å². The summed E-state index contributed by atoms with van der Waals surface area (Å²) < 4.78 is 5.27. The zero-order valence-electron chi connectivity index (χ0n) is 17.0. The Labute approximate surface area is 173 Å². The van der Waals surface area contributed by atoms with Crippen molar-refractivity contribution in [2.45, 2.75) is 40.7 Å². The van der Waals surface area contributed by atoms with Crippen LogP contribution in [-0.4, -0.2) is 23.9 Å². The SMILES string of the molecule is Cc1cc(NC(=O)C(C)(C)C)sc1C(=O)OC(C)C(=O)Nc1ccccc1C#N. The number of hydrogen-bond donors (Lipinski definition) is 2. The van der Waals surface area contributed by atoms with Gasteiger partial charge in [-0.1, -0.05) is 32.9 Å². The lowest BCUT2D eigenvalue weighted by molar-refractivity contribution is -0.124. The lowest BCUT2D eigenvalue weighted by Crippen LogP contribution is -2.30. The Morgan fingerprint density at radius 3 is 2.45 bits per heavy atom. The summed E-state index contributed by atoms with van der Waals surface area (Å²) in [4.78, 5) is 37.3. The van der Waals surface area contributed by atoms with E-state index in [-0.39, 0.29) is 5.91 Å². The van der Waals surface area contributed by atoms with Crippen LogP contribution in [0.5, 0.6) is 0 Å². The minimum atomic E-state index is -1.07. The van der Waals surface area contributed by atoms with Gasteiger partial charge < -0.3 is 15.4 Å². The second kappa shape index (κ2) is 8.88. The monoisotopic (exact) mass is 413 g/mol. The number of ether oxygens (including phenoxy) is 1. The normalized spacial score (nSPS) is 11.9. The Morgan fingerprint density at radius 1 is 1.17 bits per heavy atom. The van der Waals surface area contributed by atoms with Crippen molar-refractivity contribution in [1.29, 1.82) is 5.26 Å². The first kappa shape index (κ1) is 22.1. The van der Waals surface area contributed by atoms with Crippen LogP contribution < -0.4 is 10.6 Å². The molecule has 1 unspecified atom stereocenters. The second-order valence-corrected chi connectivity index (χ2v) is 8.57. The predicted octanol–water partition coefficient (Wildman–Crippen LogP) is 4.10. The largest absolute Gasteiger partial charge is 0.448 e. The van der Waals surface area contributed by atoms with Gasteiger partial charge in [-0.2, -0.15) is 5.26 Å². The number of anilines is 2. The summed E-state index contributed by atoms with van der Waals surface area (Å²) >= 11 is 1.09. The van der Waals surface area contributed by atoms with Crippen molar-refractivity contribution in [2.75, 3.05) is 10.6 Å². The molecule has 1 aromatic carbocycles. The average Bonchev–Trinajstić information content (AvgIpc) is 3.01. The molecule has 1 atom stereocenters. The topological polar surface area (TPSA) is 108 Å². The van der Waals surface area contributed by atoms with E-state index in [4.69, 9.17) is 10.00 Å². The molecule has 1 heterocycles. The number of benzene rings is 1. The Hall–Kier alpha value is -3.18. The second-order valence-electron chi connectivity index (χ2n) is 7.52. The average molecular weight is 413 g/mol. The molecule has 0 saturated carbocycles. The fourth-order valence-corrected chi connectivity index (χ4v) is 3.19. The van der Waals surface area contributed by atoms with E-state index >= 15 is 0 Å². The van der Waals surface area contributed by atoms with Gasteiger partial charge in [0.2, 0.25) is 5.91 Å². The Morgan fingerprint density at radius 2 is 1.83 bits per heavy atom. The van der Waals surface area contributed by atoms with E-state index in [0.29, 0.717) is 26.7 Å². The third kappa shape index (κ3) is 5.65. The first-order chi connectivity index (χ1) is 13.5. The number of aryl methyl sites for hydroxylation is 1. The molecule has 0 fully saturated rings. The lowest BCUT2D eigenvalue weighted by Gasteiger charge is -2.16. The highest BCUT2D eigenvalue weighted by atomic mass is 32.1. The number of thiophene rings is 1. The van der Waals surface area contributed by atoms with Crippen LogP contribution in [0.1, 0.15) is 48.5 Å². The number of amides is 2. The van der Waals surface area contributed by atoms with Crippen LogP contribution in [0.3, 0.4) is 0 Å². The molecule has 29 heavy (non-hydrogen) atoms. The summed E-state index contributed by atoms with van der Waals surface area (Å²) in [6.45, 7) is 8.56. The van der Waals surface area contributed by atoms with Gasteiger partial charge in [0, 0.05) is 5.41 Å². The van der Waals surface area contributed by atoms with Crippen molar-refractivity contribution < 1.29 is 19.1 Å². The number of carbonyl (C=O) groups is 3. The van der Waals surface area contributed by atoms with Crippen LogP contribution >= 0.6 is 11.3 Å². The van der Waals surface area contributed by atoms with Crippen molar-refractivity contribution in [2.24, 2.45) is 5.41 Å². The van der Waals surface area contributed by atoms with E-state index in [0.717, 1.165) is 11.3 Å². The van der Waals surface area contributed by atoms with Crippen molar-refractivity contribution in [3.05, 3.63) is 46.3 Å². The zero-order valence-corrected chi connectivity index (χ0v) is 17.8. The molecular formula is C21H23N3O4S. The molecule has 1 aromatic heterocycles. The molecule has 0 aliphatic heterocycles. The maximum Gasteiger partial charge on any atom is 0.349 e.